The average molecular weight is 258 g/mol. The molecular weight excluding hydrogens is 244 g/mol. The standard InChI is InChI=1S/C15H14O4/c1-3-9-15(11-7-5-4-6-8-11)10-12(13(16)18-2)14(17)19-15/h3-8,10H,1,9H2,2H3. The number of ether oxygens (including phenoxy) is 2. The van der Waals surface area contributed by atoms with E-state index in [1.165, 1.54) is 13.2 Å². The molecule has 0 spiro atoms. The summed E-state index contributed by atoms with van der Waals surface area (Å²) in [4.78, 5) is 23.3. The minimum atomic E-state index is -0.969. The lowest BCUT2D eigenvalue weighted by Gasteiger charge is -2.25. The van der Waals surface area contributed by atoms with Crippen molar-refractivity contribution in [3.05, 3.63) is 60.2 Å². The first-order chi connectivity index (χ1) is 9.13. The van der Waals surface area contributed by atoms with Crippen LogP contribution in [0.2, 0.25) is 0 Å². The molecule has 1 aliphatic heterocycles. The monoisotopic (exact) mass is 258 g/mol. The molecule has 0 saturated heterocycles. The van der Waals surface area contributed by atoms with E-state index in [4.69, 9.17) is 4.74 Å². The van der Waals surface area contributed by atoms with Crippen LogP contribution in [0.5, 0.6) is 0 Å². The summed E-state index contributed by atoms with van der Waals surface area (Å²) in [6.45, 7) is 3.67. The van der Waals surface area contributed by atoms with Crippen molar-refractivity contribution >= 4 is 11.9 Å². The molecule has 1 atom stereocenters. The number of benzene rings is 1. The van der Waals surface area contributed by atoms with E-state index in [0.29, 0.717) is 6.42 Å². The van der Waals surface area contributed by atoms with Crippen molar-refractivity contribution < 1.29 is 19.1 Å². The van der Waals surface area contributed by atoms with E-state index >= 15 is 0 Å². The minimum Gasteiger partial charge on any atom is -0.465 e. The van der Waals surface area contributed by atoms with Gasteiger partial charge in [-0.1, -0.05) is 36.4 Å². The number of methoxy groups -OCH3 is 1. The smallest absolute Gasteiger partial charge is 0.346 e. The molecule has 1 heterocycles. The Kier molecular flexibility index (Phi) is 3.51. The first-order valence-corrected chi connectivity index (χ1v) is 5.84. The van der Waals surface area contributed by atoms with E-state index in [1.54, 1.807) is 6.08 Å². The predicted molar refractivity (Wildman–Crippen MR) is 69.1 cm³/mol. The second-order valence-electron chi connectivity index (χ2n) is 4.19. The summed E-state index contributed by atoms with van der Waals surface area (Å²) in [5.74, 6) is -1.36. The third-order valence-electron chi connectivity index (χ3n) is 2.99. The highest BCUT2D eigenvalue weighted by Gasteiger charge is 2.43. The van der Waals surface area contributed by atoms with Gasteiger partial charge in [-0.2, -0.15) is 0 Å². The zero-order valence-corrected chi connectivity index (χ0v) is 10.6. The Morgan fingerprint density at radius 1 is 1.42 bits per heavy atom. The van der Waals surface area contributed by atoms with Gasteiger partial charge >= 0.3 is 11.9 Å². The van der Waals surface area contributed by atoms with Crippen molar-refractivity contribution in [2.75, 3.05) is 7.11 Å². The maximum absolute atomic E-state index is 11.8. The Hall–Kier alpha value is -2.36. The van der Waals surface area contributed by atoms with Crippen molar-refractivity contribution in [2.45, 2.75) is 12.0 Å². The lowest BCUT2D eigenvalue weighted by molar-refractivity contribution is -0.150. The zero-order chi connectivity index (χ0) is 13.9. The third kappa shape index (κ3) is 2.29. The first-order valence-electron chi connectivity index (χ1n) is 5.84. The number of carbonyl (C=O) groups excluding carboxylic acids is 2. The maximum atomic E-state index is 11.8. The Morgan fingerprint density at radius 3 is 2.68 bits per heavy atom. The topological polar surface area (TPSA) is 52.6 Å². The number of hydrogen-bond acceptors (Lipinski definition) is 4. The molecule has 0 N–H and O–H groups in total. The Balaban J connectivity index is 2.49. The average Bonchev–Trinajstić information content (AvgIpc) is 2.77. The van der Waals surface area contributed by atoms with E-state index in [9.17, 15) is 9.59 Å². The second kappa shape index (κ2) is 5.10. The highest BCUT2D eigenvalue weighted by molar-refractivity contribution is 6.15. The second-order valence-corrected chi connectivity index (χ2v) is 4.19. The van der Waals surface area contributed by atoms with E-state index in [-0.39, 0.29) is 5.57 Å². The number of rotatable bonds is 4. The lowest BCUT2D eigenvalue weighted by Crippen LogP contribution is -2.24. The van der Waals surface area contributed by atoms with Gasteiger partial charge in [0.25, 0.3) is 0 Å². The summed E-state index contributed by atoms with van der Waals surface area (Å²) >= 11 is 0. The van der Waals surface area contributed by atoms with Crippen LogP contribution in [0.4, 0.5) is 0 Å². The van der Waals surface area contributed by atoms with Gasteiger partial charge in [-0.25, -0.2) is 9.59 Å². The number of esters is 2. The van der Waals surface area contributed by atoms with Gasteiger partial charge < -0.3 is 9.47 Å². The summed E-state index contributed by atoms with van der Waals surface area (Å²) in [5, 5.41) is 0. The van der Waals surface area contributed by atoms with Gasteiger partial charge in [0.2, 0.25) is 0 Å². The van der Waals surface area contributed by atoms with Crippen LogP contribution < -0.4 is 0 Å². The summed E-state index contributed by atoms with van der Waals surface area (Å²) in [6.07, 6.45) is 3.55. The summed E-state index contributed by atoms with van der Waals surface area (Å²) in [7, 11) is 1.23. The van der Waals surface area contributed by atoms with Crippen LogP contribution in [0.3, 0.4) is 0 Å². The predicted octanol–water partition coefficient (Wildman–Crippen LogP) is 2.11. The molecule has 0 amide bonds. The van der Waals surface area contributed by atoms with E-state index in [1.807, 2.05) is 30.3 Å². The molecule has 98 valence electrons. The van der Waals surface area contributed by atoms with Crippen molar-refractivity contribution in [3.8, 4) is 0 Å². The molecule has 1 aliphatic rings. The molecule has 4 heteroatoms. The zero-order valence-electron chi connectivity index (χ0n) is 10.6. The van der Waals surface area contributed by atoms with Crippen molar-refractivity contribution in [2.24, 2.45) is 0 Å². The Morgan fingerprint density at radius 2 is 2.11 bits per heavy atom. The van der Waals surface area contributed by atoms with Crippen molar-refractivity contribution in [1.29, 1.82) is 0 Å². The largest absolute Gasteiger partial charge is 0.465 e. The summed E-state index contributed by atoms with van der Waals surface area (Å²) in [6, 6.07) is 9.24. The number of cyclic esters (lactones) is 1. The number of hydrogen-bond donors (Lipinski definition) is 0. The van der Waals surface area contributed by atoms with Crippen LogP contribution in [0.1, 0.15) is 12.0 Å². The molecule has 0 bridgehead atoms. The molecule has 1 aromatic carbocycles. The van der Waals surface area contributed by atoms with E-state index in [0.717, 1.165) is 5.56 Å². The molecule has 1 aromatic rings. The fraction of sp³-hybridized carbons (Fsp3) is 0.200. The normalized spacial score (nSPS) is 21.5. The highest BCUT2D eigenvalue weighted by Crippen LogP contribution is 2.38. The summed E-state index contributed by atoms with van der Waals surface area (Å²) < 4.78 is 9.99. The van der Waals surface area contributed by atoms with Crippen LogP contribution in [-0.2, 0) is 24.7 Å². The Bertz CT molecular complexity index is 545. The fourth-order valence-electron chi connectivity index (χ4n) is 2.09. The van der Waals surface area contributed by atoms with Crippen LogP contribution >= 0.6 is 0 Å². The molecule has 4 nitrogen and oxygen atoms in total. The fourth-order valence-corrected chi connectivity index (χ4v) is 2.09. The quantitative estimate of drug-likeness (QED) is 0.471. The molecule has 1 unspecified atom stereocenters. The van der Waals surface area contributed by atoms with Gasteiger partial charge in [-0.3, -0.25) is 0 Å². The van der Waals surface area contributed by atoms with Crippen molar-refractivity contribution in [1.82, 2.24) is 0 Å². The van der Waals surface area contributed by atoms with Crippen LogP contribution in [-0.4, -0.2) is 19.0 Å². The number of carbonyl (C=O) groups is 2. The van der Waals surface area contributed by atoms with E-state index < -0.39 is 17.5 Å². The van der Waals surface area contributed by atoms with Gasteiger partial charge in [-0.15, -0.1) is 6.58 Å². The van der Waals surface area contributed by atoms with Gasteiger partial charge in [0.05, 0.1) is 7.11 Å². The molecule has 0 aromatic heterocycles. The molecule has 0 radical (unpaired) electrons. The molecule has 0 fully saturated rings. The van der Waals surface area contributed by atoms with Gasteiger partial charge in [0, 0.05) is 6.42 Å². The SMILES string of the molecule is C=CCC1(c2ccccc2)C=C(C(=O)OC)C(=O)O1. The van der Waals surface area contributed by atoms with Crippen LogP contribution in [0.15, 0.2) is 54.6 Å². The minimum absolute atomic E-state index is 0.0757. The molecule has 0 aliphatic carbocycles. The molecule has 19 heavy (non-hydrogen) atoms. The highest BCUT2D eigenvalue weighted by atomic mass is 16.6. The van der Waals surface area contributed by atoms with Gasteiger partial charge in [0.1, 0.15) is 5.57 Å². The Labute approximate surface area is 111 Å². The first kappa shape index (κ1) is 13.1. The molecular formula is C15H14O4. The van der Waals surface area contributed by atoms with Crippen LogP contribution in [0, 0.1) is 0 Å². The van der Waals surface area contributed by atoms with Gasteiger partial charge in [0.15, 0.2) is 5.60 Å². The van der Waals surface area contributed by atoms with Gasteiger partial charge in [-0.05, 0) is 11.6 Å². The van der Waals surface area contributed by atoms with Crippen molar-refractivity contribution in [3.63, 3.8) is 0 Å². The maximum Gasteiger partial charge on any atom is 0.346 e. The molecule has 0 saturated carbocycles. The molecule has 2 rings (SSSR count). The lowest BCUT2D eigenvalue weighted by atomic mass is 9.90. The summed E-state index contributed by atoms with van der Waals surface area (Å²) in [5.41, 5.74) is -0.251. The van der Waals surface area contributed by atoms with E-state index in [2.05, 4.69) is 11.3 Å². The van der Waals surface area contributed by atoms with Crippen LogP contribution in [0.25, 0.3) is 0 Å². The third-order valence-corrected chi connectivity index (χ3v) is 2.99.